The molecule has 78 valence electrons. The Balaban J connectivity index is 2.61. The second kappa shape index (κ2) is 3.32. The molecule has 0 saturated heterocycles. The number of nitrogens with zero attached hydrogens (tertiary/aromatic N) is 2. The Morgan fingerprint density at radius 3 is 2.75 bits per heavy atom. The van der Waals surface area contributed by atoms with Gasteiger partial charge >= 0.3 is 0 Å². The van der Waals surface area contributed by atoms with Crippen molar-refractivity contribution in [2.24, 2.45) is 0 Å². The summed E-state index contributed by atoms with van der Waals surface area (Å²) in [6.45, 7) is 0. The van der Waals surface area contributed by atoms with Crippen molar-refractivity contribution in [2.45, 2.75) is 0 Å². The standard InChI is InChI=1S/C12H7ClN2O/c13-8-5-6-12-10(7-8)9-3-1-2-4-11(9)14-15(12)16/h1-7H. The minimum Gasteiger partial charge on any atom is -0.594 e. The Hall–Kier alpha value is -1.87. The summed E-state index contributed by atoms with van der Waals surface area (Å²) in [5.74, 6) is 0. The maximum absolute atomic E-state index is 11.7. The minimum absolute atomic E-state index is 0.531. The van der Waals surface area contributed by atoms with E-state index in [4.69, 9.17) is 11.6 Å². The van der Waals surface area contributed by atoms with E-state index < -0.39 is 0 Å². The lowest BCUT2D eigenvalue weighted by molar-refractivity contribution is -0.639. The van der Waals surface area contributed by atoms with Crippen LogP contribution in [-0.4, -0.2) is 5.10 Å². The molecule has 0 aliphatic heterocycles. The zero-order chi connectivity index (χ0) is 11.1. The van der Waals surface area contributed by atoms with Gasteiger partial charge in [0.05, 0.1) is 5.39 Å². The highest BCUT2D eigenvalue weighted by Gasteiger charge is 2.10. The van der Waals surface area contributed by atoms with E-state index in [0.29, 0.717) is 20.9 Å². The van der Waals surface area contributed by atoms with Crippen molar-refractivity contribution in [1.82, 2.24) is 5.10 Å². The lowest BCUT2D eigenvalue weighted by Gasteiger charge is -2.03. The molecule has 3 aromatic rings. The lowest BCUT2D eigenvalue weighted by atomic mass is 10.1. The molecule has 0 radical (unpaired) electrons. The van der Waals surface area contributed by atoms with Crippen molar-refractivity contribution in [2.75, 3.05) is 0 Å². The molecule has 2 aromatic carbocycles. The van der Waals surface area contributed by atoms with Crippen LogP contribution in [0.15, 0.2) is 42.5 Å². The Morgan fingerprint density at radius 2 is 1.88 bits per heavy atom. The zero-order valence-electron chi connectivity index (χ0n) is 8.22. The van der Waals surface area contributed by atoms with Gasteiger partial charge in [-0.2, -0.15) is 0 Å². The molecule has 0 aliphatic carbocycles. The first-order valence-electron chi connectivity index (χ1n) is 4.83. The summed E-state index contributed by atoms with van der Waals surface area (Å²) in [7, 11) is 0. The highest BCUT2D eigenvalue weighted by Crippen LogP contribution is 2.23. The average molecular weight is 231 g/mol. The molecule has 0 amide bonds. The first-order valence-corrected chi connectivity index (χ1v) is 5.21. The summed E-state index contributed by atoms with van der Waals surface area (Å²) in [4.78, 5) is 0.633. The predicted molar refractivity (Wildman–Crippen MR) is 63.2 cm³/mol. The zero-order valence-corrected chi connectivity index (χ0v) is 8.98. The highest BCUT2D eigenvalue weighted by atomic mass is 35.5. The van der Waals surface area contributed by atoms with Crippen molar-refractivity contribution in [3.63, 3.8) is 0 Å². The fourth-order valence-electron chi connectivity index (χ4n) is 1.83. The van der Waals surface area contributed by atoms with E-state index in [0.717, 1.165) is 10.8 Å². The van der Waals surface area contributed by atoms with Gasteiger partial charge in [-0.25, -0.2) is 0 Å². The Kier molecular flexibility index (Phi) is 1.94. The summed E-state index contributed by atoms with van der Waals surface area (Å²) >= 11 is 5.94. The second-order valence-electron chi connectivity index (χ2n) is 3.55. The van der Waals surface area contributed by atoms with E-state index in [1.807, 2.05) is 24.3 Å². The van der Waals surface area contributed by atoms with Gasteiger partial charge < -0.3 is 5.21 Å². The van der Waals surface area contributed by atoms with Gasteiger partial charge in [-0.05, 0) is 23.0 Å². The third kappa shape index (κ3) is 1.29. The van der Waals surface area contributed by atoms with Gasteiger partial charge in [0.2, 0.25) is 0 Å². The van der Waals surface area contributed by atoms with Crippen LogP contribution in [0.3, 0.4) is 0 Å². The molecular weight excluding hydrogens is 224 g/mol. The van der Waals surface area contributed by atoms with Gasteiger partial charge in [-0.1, -0.05) is 29.8 Å². The first-order chi connectivity index (χ1) is 7.75. The number of benzene rings is 2. The SMILES string of the molecule is [O-][n+]1nc2ccccc2c2cc(Cl)ccc21. The van der Waals surface area contributed by atoms with E-state index in [1.165, 1.54) is 0 Å². The third-order valence-corrected chi connectivity index (χ3v) is 2.79. The van der Waals surface area contributed by atoms with Crippen LogP contribution in [0.4, 0.5) is 0 Å². The predicted octanol–water partition coefficient (Wildman–Crippen LogP) is 2.67. The largest absolute Gasteiger partial charge is 0.594 e. The quantitative estimate of drug-likeness (QED) is 0.338. The maximum atomic E-state index is 11.7. The maximum Gasteiger partial charge on any atom is 0.252 e. The van der Waals surface area contributed by atoms with Gasteiger partial charge in [-0.3, -0.25) is 0 Å². The fraction of sp³-hybridized carbons (Fsp3) is 0. The highest BCUT2D eigenvalue weighted by molar-refractivity contribution is 6.31. The van der Waals surface area contributed by atoms with E-state index >= 15 is 0 Å². The lowest BCUT2D eigenvalue weighted by Crippen LogP contribution is -2.31. The van der Waals surface area contributed by atoms with Crippen molar-refractivity contribution in [3.8, 4) is 0 Å². The molecule has 1 heterocycles. The molecule has 3 nitrogen and oxygen atoms in total. The molecule has 16 heavy (non-hydrogen) atoms. The Labute approximate surface area is 96.5 Å². The molecule has 3 rings (SSSR count). The summed E-state index contributed by atoms with van der Waals surface area (Å²) < 4.78 is 0. The molecule has 0 saturated carbocycles. The molecule has 1 aromatic heterocycles. The third-order valence-electron chi connectivity index (χ3n) is 2.56. The summed E-state index contributed by atoms with van der Waals surface area (Å²) in [6.07, 6.45) is 0. The number of aromatic nitrogens is 2. The van der Waals surface area contributed by atoms with E-state index in [-0.39, 0.29) is 0 Å². The van der Waals surface area contributed by atoms with E-state index in [1.54, 1.807) is 18.2 Å². The average Bonchev–Trinajstić information content (AvgIpc) is 2.29. The smallest absolute Gasteiger partial charge is 0.252 e. The Morgan fingerprint density at radius 1 is 1.06 bits per heavy atom. The van der Waals surface area contributed by atoms with Crippen LogP contribution in [0.25, 0.3) is 21.8 Å². The van der Waals surface area contributed by atoms with Crippen LogP contribution in [0.1, 0.15) is 0 Å². The van der Waals surface area contributed by atoms with Crippen LogP contribution >= 0.6 is 11.6 Å². The van der Waals surface area contributed by atoms with Crippen molar-refractivity contribution in [1.29, 1.82) is 0 Å². The van der Waals surface area contributed by atoms with Crippen LogP contribution < -0.4 is 4.85 Å². The molecule has 0 aliphatic rings. The van der Waals surface area contributed by atoms with Crippen LogP contribution in [0, 0.1) is 5.21 Å². The molecule has 0 bridgehead atoms. The molecule has 0 atom stereocenters. The van der Waals surface area contributed by atoms with Gasteiger partial charge in [0.25, 0.3) is 5.52 Å². The fourth-order valence-corrected chi connectivity index (χ4v) is 2.00. The van der Waals surface area contributed by atoms with E-state index in [9.17, 15) is 5.21 Å². The molecule has 0 unspecified atom stereocenters. The van der Waals surface area contributed by atoms with Crippen LogP contribution in [0.5, 0.6) is 0 Å². The van der Waals surface area contributed by atoms with Crippen LogP contribution in [-0.2, 0) is 0 Å². The van der Waals surface area contributed by atoms with Crippen molar-refractivity contribution < 1.29 is 4.85 Å². The number of rotatable bonds is 0. The number of hydrogen-bond acceptors (Lipinski definition) is 2. The normalized spacial score (nSPS) is 11.1. The van der Waals surface area contributed by atoms with Gasteiger partial charge in [0, 0.05) is 21.6 Å². The molecule has 0 N–H and O–H groups in total. The van der Waals surface area contributed by atoms with E-state index in [2.05, 4.69) is 5.10 Å². The molecular formula is C12H7ClN2O. The summed E-state index contributed by atoms with van der Waals surface area (Å²) in [5.41, 5.74) is 1.20. The monoisotopic (exact) mass is 230 g/mol. The van der Waals surface area contributed by atoms with Crippen LogP contribution in [0.2, 0.25) is 5.02 Å². The topological polar surface area (TPSA) is 39.8 Å². The number of halogens is 1. The second-order valence-corrected chi connectivity index (χ2v) is 3.99. The van der Waals surface area contributed by atoms with Gasteiger partial charge in [-0.15, -0.1) is 0 Å². The van der Waals surface area contributed by atoms with Crippen molar-refractivity contribution >= 4 is 33.4 Å². The number of hydrogen-bond donors (Lipinski definition) is 0. The Bertz CT molecular complexity index is 697. The molecule has 0 fully saturated rings. The van der Waals surface area contributed by atoms with Gasteiger partial charge in [0.1, 0.15) is 5.52 Å². The summed E-state index contributed by atoms with van der Waals surface area (Å²) in [5, 5.41) is 18.0. The van der Waals surface area contributed by atoms with Crippen molar-refractivity contribution in [3.05, 3.63) is 52.7 Å². The molecule has 4 heteroatoms. The molecule has 0 spiro atoms. The van der Waals surface area contributed by atoms with Gasteiger partial charge in [0.15, 0.2) is 0 Å². The minimum atomic E-state index is 0.531. The number of fused-ring (bicyclic) bond motifs is 3. The summed E-state index contributed by atoms with van der Waals surface area (Å²) in [6, 6.07) is 12.7. The first kappa shape index (κ1) is 9.36.